The van der Waals surface area contributed by atoms with Crippen LogP contribution in [-0.4, -0.2) is 38.2 Å². The molecule has 6 nitrogen and oxygen atoms in total. The summed E-state index contributed by atoms with van der Waals surface area (Å²) in [4.78, 5) is 10.6. The lowest BCUT2D eigenvalue weighted by Gasteiger charge is -2.30. The van der Waals surface area contributed by atoms with Gasteiger partial charge in [0, 0.05) is 18.4 Å². The van der Waals surface area contributed by atoms with Gasteiger partial charge in [0.05, 0.1) is 18.4 Å². The second-order valence-corrected chi connectivity index (χ2v) is 7.43. The molecule has 1 aliphatic carbocycles. The van der Waals surface area contributed by atoms with E-state index in [0.29, 0.717) is 11.8 Å². The fraction of sp³-hybridized carbons (Fsp3) is 0.450. The molecule has 0 amide bonds. The van der Waals surface area contributed by atoms with Crippen LogP contribution >= 0.6 is 0 Å². The van der Waals surface area contributed by atoms with E-state index < -0.39 is 0 Å². The Bertz CT molecular complexity index is 867. The Kier molecular flexibility index (Phi) is 4.05. The van der Waals surface area contributed by atoms with Gasteiger partial charge in [0.25, 0.3) is 0 Å². The summed E-state index contributed by atoms with van der Waals surface area (Å²) in [6, 6.07) is 10.4. The predicted molar refractivity (Wildman–Crippen MR) is 97.5 cm³/mol. The molecule has 0 spiro atoms. The van der Waals surface area contributed by atoms with Crippen LogP contribution in [0, 0.1) is 0 Å². The van der Waals surface area contributed by atoms with Crippen LogP contribution in [-0.2, 0) is 6.54 Å². The van der Waals surface area contributed by atoms with Crippen LogP contribution < -0.4 is 0 Å². The van der Waals surface area contributed by atoms with Crippen LogP contribution in [0.4, 0.5) is 0 Å². The molecule has 0 unspecified atom stereocenters. The molecule has 1 aliphatic heterocycles. The molecule has 1 N–H and O–H groups in total. The normalized spacial score (nSPS) is 21.2. The van der Waals surface area contributed by atoms with E-state index in [2.05, 4.69) is 49.3 Å². The molecule has 3 heterocycles. The Labute approximate surface area is 152 Å². The Morgan fingerprint density at radius 2 is 1.96 bits per heavy atom. The topological polar surface area (TPSA) is 70.8 Å². The molecule has 2 aliphatic rings. The van der Waals surface area contributed by atoms with Gasteiger partial charge in [0.2, 0.25) is 11.8 Å². The second-order valence-electron chi connectivity index (χ2n) is 7.43. The molecule has 134 valence electrons. The summed E-state index contributed by atoms with van der Waals surface area (Å²) < 4.78 is 5.83. The smallest absolute Gasteiger partial charge is 0.230 e. The first-order chi connectivity index (χ1) is 12.8. The van der Waals surface area contributed by atoms with Gasteiger partial charge in [0.15, 0.2) is 0 Å². The molecular weight excluding hydrogens is 326 g/mol. The largest absolute Gasteiger partial charge is 0.424 e. The summed E-state index contributed by atoms with van der Waals surface area (Å²) in [5.74, 6) is 3.60. The molecule has 1 saturated carbocycles. The van der Waals surface area contributed by atoms with E-state index in [1.807, 2.05) is 12.3 Å². The highest BCUT2D eigenvalue weighted by Gasteiger charge is 2.30. The summed E-state index contributed by atoms with van der Waals surface area (Å²) >= 11 is 0. The molecule has 2 aromatic heterocycles. The van der Waals surface area contributed by atoms with Crippen molar-refractivity contribution >= 4 is 0 Å². The Morgan fingerprint density at radius 1 is 1.08 bits per heavy atom. The monoisotopic (exact) mass is 349 g/mol. The number of imidazole rings is 1. The average Bonchev–Trinajstić information content (AvgIpc) is 3.23. The maximum Gasteiger partial charge on any atom is 0.230 e. The van der Waals surface area contributed by atoms with Gasteiger partial charge in [-0.1, -0.05) is 30.3 Å². The third-order valence-electron chi connectivity index (χ3n) is 5.34. The first-order valence-corrected chi connectivity index (χ1v) is 9.50. The second kappa shape index (κ2) is 6.68. The van der Waals surface area contributed by atoms with E-state index in [9.17, 15) is 0 Å². The number of H-pyrrole nitrogens is 1. The van der Waals surface area contributed by atoms with Gasteiger partial charge in [-0.05, 0) is 37.8 Å². The number of benzene rings is 1. The highest BCUT2D eigenvalue weighted by atomic mass is 16.4. The number of aromatic nitrogens is 4. The predicted octanol–water partition coefficient (Wildman–Crippen LogP) is 3.72. The number of nitrogens with one attached hydrogen (secondary N) is 1. The van der Waals surface area contributed by atoms with Crippen molar-refractivity contribution in [2.45, 2.75) is 44.1 Å². The lowest BCUT2D eigenvalue weighted by molar-refractivity contribution is 0.179. The van der Waals surface area contributed by atoms with Gasteiger partial charge in [-0.15, -0.1) is 10.2 Å². The molecule has 1 saturated heterocycles. The van der Waals surface area contributed by atoms with Gasteiger partial charge in [0.1, 0.15) is 5.82 Å². The number of rotatable bonds is 5. The maximum atomic E-state index is 5.83. The Balaban J connectivity index is 1.26. The number of piperidine rings is 1. The van der Waals surface area contributed by atoms with E-state index >= 15 is 0 Å². The van der Waals surface area contributed by atoms with Gasteiger partial charge >= 0.3 is 0 Å². The van der Waals surface area contributed by atoms with E-state index in [4.69, 9.17) is 4.42 Å². The minimum absolute atomic E-state index is 0.423. The third kappa shape index (κ3) is 3.29. The van der Waals surface area contributed by atoms with E-state index in [1.165, 1.54) is 18.4 Å². The van der Waals surface area contributed by atoms with Gasteiger partial charge < -0.3 is 9.40 Å². The SMILES string of the molecule is c1ccc(-c2cnc([C@H]3CCCN(Cc4nnc(C5CC5)o4)C3)[nH]2)cc1. The van der Waals surface area contributed by atoms with E-state index in [-0.39, 0.29) is 0 Å². The Morgan fingerprint density at radius 3 is 2.81 bits per heavy atom. The van der Waals surface area contributed by atoms with Crippen LogP contribution in [0.15, 0.2) is 40.9 Å². The van der Waals surface area contributed by atoms with Crippen molar-refractivity contribution in [1.29, 1.82) is 0 Å². The first kappa shape index (κ1) is 15.8. The van der Waals surface area contributed by atoms with Crippen molar-refractivity contribution < 1.29 is 4.42 Å². The molecule has 0 bridgehead atoms. The minimum atomic E-state index is 0.423. The van der Waals surface area contributed by atoms with Gasteiger partial charge in [-0.3, -0.25) is 4.90 Å². The summed E-state index contributed by atoms with van der Waals surface area (Å²) in [5, 5.41) is 8.43. The summed E-state index contributed by atoms with van der Waals surface area (Å²) in [6.07, 6.45) is 6.65. The summed E-state index contributed by atoms with van der Waals surface area (Å²) in [5.41, 5.74) is 2.26. The lowest BCUT2D eigenvalue weighted by Crippen LogP contribution is -2.34. The van der Waals surface area contributed by atoms with Crippen molar-refractivity contribution in [2.75, 3.05) is 13.1 Å². The lowest BCUT2D eigenvalue weighted by atomic mass is 9.97. The highest BCUT2D eigenvalue weighted by Crippen LogP contribution is 2.39. The maximum absolute atomic E-state index is 5.83. The average molecular weight is 349 g/mol. The molecule has 0 radical (unpaired) electrons. The molecule has 5 rings (SSSR count). The summed E-state index contributed by atoms with van der Waals surface area (Å²) in [6.45, 7) is 2.79. The first-order valence-electron chi connectivity index (χ1n) is 9.50. The standard InChI is InChI=1S/C20H23N5O/c1-2-5-14(6-3-1)17-11-21-19(22-17)16-7-4-10-25(12-16)13-18-23-24-20(26-18)15-8-9-15/h1-3,5-6,11,15-16H,4,7-10,12-13H2,(H,21,22)/t16-/m0/s1. The molecular formula is C20H23N5O. The quantitative estimate of drug-likeness (QED) is 0.760. The van der Waals surface area contributed by atoms with Crippen LogP contribution in [0.3, 0.4) is 0 Å². The highest BCUT2D eigenvalue weighted by molar-refractivity contribution is 5.58. The van der Waals surface area contributed by atoms with Crippen LogP contribution in [0.5, 0.6) is 0 Å². The van der Waals surface area contributed by atoms with Crippen LogP contribution in [0.25, 0.3) is 11.3 Å². The number of likely N-dealkylation sites (tertiary alicyclic amines) is 1. The van der Waals surface area contributed by atoms with Crippen molar-refractivity contribution in [1.82, 2.24) is 25.1 Å². The number of hydrogen-bond donors (Lipinski definition) is 1. The van der Waals surface area contributed by atoms with Crippen molar-refractivity contribution in [3.05, 3.63) is 54.1 Å². The number of aromatic amines is 1. The fourth-order valence-corrected chi connectivity index (χ4v) is 3.75. The van der Waals surface area contributed by atoms with E-state index in [0.717, 1.165) is 55.8 Å². The zero-order valence-corrected chi connectivity index (χ0v) is 14.8. The molecule has 6 heteroatoms. The molecule has 26 heavy (non-hydrogen) atoms. The third-order valence-corrected chi connectivity index (χ3v) is 5.34. The van der Waals surface area contributed by atoms with Crippen LogP contribution in [0.2, 0.25) is 0 Å². The van der Waals surface area contributed by atoms with Crippen LogP contribution in [0.1, 0.15) is 55.1 Å². The summed E-state index contributed by atoms with van der Waals surface area (Å²) in [7, 11) is 0. The van der Waals surface area contributed by atoms with Gasteiger partial charge in [-0.25, -0.2) is 4.98 Å². The zero-order chi connectivity index (χ0) is 17.3. The molecule has 1 aromatic carbocycles. The number of nitrogens with zero attached hydrogens (tertiary/aromatic N) is 4. The molecule has 2 fully saturated rings. The molecule has 1 atom stereocenters. The molecule has 3 aromatic rings. The fourth-order valence-electron chi connectivity index (χ4n) is 3.75. The van der Waals surface area contributed by atoms with Crippen molar-refractivity contribution in [2.24, 2.45) is 0 Å². The number of hydrogen-bond acceptors (Lipinski definition) is 5. The minimum Gasteiger partial charge on any atom is -0.424 e. The van der Waals surface area contributed by atoms with Crippen molar-refractivity contribution in [3.8, 4) is 11.3 Å². The van der Waals surface area contributed by atoms with Gasteiger partial charge in [-0.2, -0.15) is 0 Å². The van der Waals surface area contributed by atoms with E-state index in [1.54, 1.807) is 0 Å². The Hall–Kier alpha value is -2.47. The van der Waals surface area contributed by atoms with Crippen molar-refractivity contribution in [3.63, 3.8) is 0 Å². The zero-order valence-electron chi connectivity index (χ0n) is 14.8.